The van der Waals surface area contributed by atoms with Gasteiger partial charge in [-0.05, 0) is 24.7 Å². The number of thiazole rings is 1. The lowest BCUT2D eigenvalue weighted by Gasteiger charge is -2.15. The smallest absolute Gasteiger partial charge is 0.273 e. The maximum Gasteiger partial charge on any atom is 0.273 e. The fourth-order valence-electron chi connectivity index (χ4n) is 1.84. The van der Waals surface area contributed by atoms with Crippen molar-refractivity contribution in [2.75, 3.05) is 27.2 Å². The summed E-state index contributed by atoms with van der Waals surface area (Å²) >= 11 is 1.45. The second kappa shape index (κ2) is 7.28. The Bertz CT molecular complexity index is 597. The first kappa shape index (κ1) is 15.6. The minimum absolute atomic E-state index is 0.0770. The van der Waals surface area contributed by atoms with Crippen molar-refractivity contribution in [2.45, 2.75) is 6.42 Å². The Morgan fingerprint density at radius 3 is 2.76 bits per heavy atom. The van der Waals surface area contributed by atoms with Crippen molar-refractivity contribution in [3.63, 3.8) is 0 Å². The van der Waals surface area contributed by atoms with E-state index < -0.39 is 0 Å². The summed E-state index contributed by atoms with van der Waals surface area (Å²) in [5.74, 6) is -0.327. The fourth-order valence-corrected chi connectivity index (χ4v) is 2.65. The molecule has 0 spiro atoms. The van der Waals surface area contributed by atoms with Gasteiger partial charge < -0.3 is 10.2 Å². The van der Waals surface area contributed by atoms with Crippen molar-refractivity contribution in [3.8, 4) is 0 Å². The molecule has 6 heteroatoms. The van der Waals surface area contributed by atoms with Gasteiger partial charge in [-0.25, -0.2) is 9.37 Å². The summed E-state index contributed by atoms with van der Waals surface area (Å²) in [5.41, 5.74) is 1.45. The molecule has 0 saturated carbocycles. The summed E-state index contributed by atoms with van der Waals surface area (Å²) in [6, 6.07) is 6.33. The highest BCUT2D eigenvalue weighted by Crippen LogP contribution is 2.16. The van der Waals surface area contributed by atoms with Crippen molar-refractivity contribution in [3.05, 3.63) is 51.7 Å². The molecule has 2 rings (SSSR count). The summed E-state index contributed by atoms with van der Waals surface area (Å²) in [6.45, 7) is 1.38. The largest absolute Gasteiger partial charge is 0.339 e. The predicted molar refractivity (Wildman–Crippen MR) is 82.2 cm³/mol. The fraction of sp³-hybridized carbons (Fsp3) is 0.333. The zero-order valence-electron chi connectivity index (χ0n) is 12.1. The van der Waals surface area contributed by atoms with Crippen LogP contribution in [-0.2, 0) is 6.42 Å². The average Bonchev–Trinajstić information content (AvgIpc) is 2.95. The SMILES string of the molecule is CNCCN(C)C(=O)c1csc(Cc2ccc(F)cc2)n1. The molecule has 0 saturated heterocycles. The van der Waals surface area contributed by atoms with Crippen LogP contribution in [0, 0.1) is 5.82 Å². The van der Waals surface area contributed by atoms with Crippen molar-refractivity contribution in [1.82, 2.24) is 15.2 Å². The van der Waals surface area contributed by atoms with E-state index in [0.29, 0.717) is 18.7 Å². The number of hydrogen-bond donors (Lipinski definition) is 1. The lowest BCUT2D eigenvalue weighted by Crippen LogP contribution is -2.32. The number of nitrogens with zero attached hydrogens (tertiary/aromatic N) is 2. The first-order chi connectivity index (χ1) is 10.1. The first-order valence-corrected chi connectivity index (χ1v) is 7.57. The van der Waals surface area contributed by atoms with E-state index in [1.165, 1.54) is 23.5 Å². The van der Waals surface area contributed by atoms with Gasteiger partial charge in [0.15, 0.2) is 0 Å². The molecular weight excluding hydrogens is 289 g/mol. The molecular formula is C15H18FN3OS. The zero-order valence-corrected chi connectivity index (χ0v) is 12.9. The van der Waals surface area contributed by atoms with Crippen molar-refractivity contribution >= 4 is 17.2 Å². The Kier molecular flexibility index (Phi) is 5.41. The Balaban J connectivity index is 2.00. The van der Waals surface area contributed by atoms with E-state index in [1.807, 2.05) is 7.05 Å². The maximum absolute atomic E-state index is 12.9. The van der Waals surface area contributed by atoms with E-state index in [1.54, 1.807) is 29.5 Å². The van der Waals surface area contributed by atoms with Gasteiger partial charge in [-0.2, -0.15) is 0 Å². The van der Waals surface area contributed by atoms with Gasteiger partial charge in [0, 0.05) is 31.9 Å². The molecule has 0 unspecified atom stereocenters. The van der Waals surface area contributed by atoms with E-state index in [0.717, 1.165) is 17.1 Å². The number of aromatic nitrogens is 1. The molecule has 21 heavy (non-hydrogen) atoms. The second-order valence-electron chi connectivity index (χ2n) is 4.76. The monoisotopic (exact) mass is 307 g/mol. The lowest BCUT2D eigenvalue weighted by atomic mass is 10.1. The van der Waals surface area contributed by atoms with E-state index in [-0.39, 0.29) is 11.7 Å². The van der Waals surface area contributed by atoms with Crippen LogP contribution in [0.25, 0.3) is 0 Å². The Labute approximate surface area is 127 Å². The first-order valence-electron chi connectivity index (χ1n) is 6.69. The van der Waals surface area contributed by atoms with E-state index in [4.69, 9.17) is 0 Å². The molecule has 0 radical (unpaired) electrons. The molecule has 0 aliphatic carbocycles. The molecule has 0 bridgehead atoms. The number of nitrogens with one attached hydrogen (secondary N) is 1. The van der Waals surface area contributed by atoms with Crippen LogP contribution in [0.15, 0.2) is 29.6 Å². The minimum atomic E-state index is -0.250. The number of carbonyl (C=O) groups excluding carboxylic acids is 1. The van der Waals surface area contributed by atoms with Crippen LogP contribution in [0.4, 0.5) is 4.39 Å². The third-order valence-electron chi connectivity index (χ3n) is 3.08. The van der Waals surface area contributed by atoms with Crippen LogP contribution >= 0.6 is 11.3 Å². The highest BCUT2D eigenvalue weighted by Gasteiger charge is 2.15. The number of amides is 1. The summed E-state index contributed by atoms with van der Waals surface area (Å²) in [4.78, 5) is 18.2. The summed E-state index contributed by atoms with van der Waals surface area (Å²) < 4.78 is 12.9. The second-order valence-corrected chi connectivity index (χ2v) is 5.70. The van der Waals surface area contributed by atoms with Crippen LogP contribution in [-0.4, -0.2) is 43.0 Å². The molecule has 1 aromatic heterocycles. The third-order valence-corrected chi connectivity index (χ3v) is 3.93. The third kappa shape index (κ3) is 4.34. The van der Waals surface area contributed by atoms with Crippen molar-refractivity contribution in [1.29, 1.82) is 0 Å². The van der Waals surface area contributed by atoms with Gasteiger partial charge in [0.1, 0.15) is 11.5 Å². The van der Waals surface area contributed by atoms with Gasteiger partial charge in [-0.15, -0.1) is 11.3 Å². The van der Waals surface area contributed by atoms with Gasteiger partial charge in [0.2, 0.25) is 0 Å². The number of benzene rings is 1. The van der Waals surface area contributed by atoms with Gasteiger partial charge in [-0.1, -0.05) is 12.1 Å². The lowest BCUT2D eigenvalue weighted by molar-refractivity contribution is 0.0791. The Hall–Kier alpha value is -1.79. The Morgan fingerprint density at radius 2 is 2.10 bits per heavy atom. The topological polar surface area (TPSA) is 45.2 Å². The van der Waals surface area contributed by atoms with E-state index in [2.05, 4.69) is 10.3 Å². The predicted octanol–water partition coefficient (Wildman–Crippen LogP) is 2.16. The molecule has 4 nitrogen and oxygen atoms in total. The van der Waals surface area contributed by atoms with Crippen LogP contribution in [0.5, 0.6) is 0 Å². The van der Waals surface area contributed by atoms with Crippen LogP contribution in [0.3, 0.4) is 0 Å². The van der Waals surface area contributed by atoms with Crippen LogP contribution in [0.2, 0.25) is 0 Å². The number of hydrogen-bond acceptors (Lipinski definition) is 4. The molecule has 112 valence electrons. The normalized spacial score (nSPS) is 10.6. The van der Waals surface area contributed by atoms with Gasteiger partial charge >= 0.3 is 0 Å². The van der Waals surface area contributed by atoms with Crippen molar-refractivity contribution in [2.24, 2.45) is 0 Å². The van der Waals surface area contributed by atoms with Gasteiger partial charge in [-0.3, -0.25) is 4.79 Å². The highest BCUT2D eigenvalue weighted by atomic mass is 32.1. The van der Waals surface area contributed by atoms with Crippen LogP contribution in [0.1, 0.15) is 21.1 Å². The molecule has 1 aromatic carbocycles. The molecule has 1 heterocycles. The molecule has 1 amide bonds. The number of likely N-dealkylation sites (N-methyl/N-ethyl adjacent to an activating group) is 2. The average molecular weight is 307 g/mol. The van der Waals surface area contributed by atoms with Gasteiger partial charge in [0.25, 0.3) is 5.91 Å². The molecule has 0 aliphatic heterocycles. The van der Waals surface area contributed by atoms with Gasteiger partial charge in [0.05, 0.1) is 5.01 Å². The quantitative estimate of drug-likeness (QED) is 0.889. The molecule has 1 N–H and O–H groups in total. The zero-order chi connectivity index (χ0) is 15.2. The Morgan fingerprint density at radius 1 is 1.38 bits per heavy atom. The minimum Gasteiger partial charge on any atom is -0.339 e. The summed E-state index contributed by atoms with van der Waals surface area (Å²) in [6.07, 6.45) is 0.610. The number of carbonyl (C=O) groups is 1. The summed E-state index contributed by atoms with van der Waals surface area (Å²) in [7, 11) is 3.61. The molecule has 0 aliphatic rings. The molecule has 0 atom stereocenters. The van der Waals surface area contributed by atoms with E-state index >= 15 is 0 Å². The molecule has 2 aromatic rings. The summed E-state index contributed by atoms with van der Waals surface area (Å²) in [5, 5.41) is 5.63. The standard InChI is InChI=1S/C15H18FN3OS/c1-17-7-8-19(2)15(20)13-10-21-14(18-13)9-11-3-5-12(16)6-4-11/h3-6,10,17H,7-9H2,1-2H3. The molecule has 0 fully saturated rings. The van der Waals surface area contributed by atoms with E-state index in [9.17, 15) is 9.18 Å². The maximum atomic E-state index is 12.9. The van der Waals surface area contributed by atoms with Crippen LogP contribution < -0.4 is 5.32 Å². The van der Waals surface area contributed by atoms with Crippen molar-refractivity contribution < 1.29 is 9.18 Å². The number of halogens is 1. The number of rotatable bonds is 6. The highest BCUT2D eigenvalue weighted by molar-refractivity contribution is 7.09.